The zero-order valence-corrected chi connectivity index (χ0v) is 30.9. The monoisotopic (exact) mass is 764 g/mol. The molecule has 0 spiro atoms. The van der Waals surface area contributed by atoms with E-state index in [-0.39, 0.29) is 0 Å². The van der Waals surface area contributed by atoms with Gasteiger partial charge in [-0.05, 0) is 128 Å². The third-order valence-electron chi connectivity index (χ3n) is 10.4. The number of nitrogens with zero attached hydrogens (tertiary/aromatic N) is 4. The summed E-state index contributed by atoms with van der Waals surface area (Å²) in [7, 11) is 3.43. The predicted molar refractivity (Wildman–Crippen MR) is 201 cm³/mol. The van der Waals surface area contributed by atoms with Crippen LogP contribution >= 0.6 is 31.9 Å². The Hall–Kier alpha value is -3.88. The van der Waals surface area contributed by atoms with Crippen LogP contribution in [0.1, 0.15) is 60.3 Å². The highest BCUT2D eigenvalue weighted by atomic mass is 79.9. The summed E-state index contributed by atoms with van der Waals surface area (Å²) in [4.78, 5) is 10.1. The molecule has 0 saturated carbocycles. The van der Waals surface area contributed by atoms with Crippen molar-refractivity contribution in [3.63, 3.8) is 0 Å². The van der Waals surface area contributed by atoms with Gasteiger partial charge in [0.1, 0.15) is 22.8 Å². The minimum Gasteiger partial charge on any atom is -0.497 e. The minimum atomic E-state index is 0.403. The van der Waals surface area contributed by atoms with Crippen molar-refractivity contribution in [2.45, 2.75) is 52.6 Å². The van der Waals surface area contributed by atoms with E-state index in [1.807, 2.05) is 36.7 Å². The lowest BCUT2D eigenvalue weighted by molar-refractivity contribution is 0.414. The van der Waals surface area contributed by atoms with Gasteiger partial charge in [-0.25, -0.2) is 9.97 Å². The maximum atomic E-state index is 5.45. The number of benzene rings is 2. The van der Waals surface area contributed by atoms with Gasteiger partial charge in [0.2, 0.25) is 0 Å². The van der Waals surface area contributed by atoms with Gasteiger partial charge in [0, 0.05) is 67.7 Å². The third-order valence-corrected chi connectivity index (χ3v) is 11.3. The van der Waals surface area contributed by atoms with E-state index in [9.17, 15) is 0 Å². The van der Waals surface area contributed by atoms with Gasteiger partial charge >= 0.3 is 0 Å². The maximum Gasteiger partial charge on any atom is 0.141 e. The number of fused-ring (bicyclic) bond motifs is 6. The van der Waals surface area contributed by atoms with E-state index >= 15 is 0 Å². The van der Waals surface area contributed by atoms with Crippen molar-refractivity contribution >= 4 is 65.1 Å². The second kappa shape index (κ2) is 12.5. The lowest BCUT2D eigenvalue weighted by Gasteiger charge is -2.33. The topological polar surface area (TPSA) is 54.1 Å². The average molecular weight is 767 g/mol. The van der Waals surface area contributed by atoms with Crippen LogP contribution in [0.3, 0.4) is 0 Å². The van der Waals surface area contributed by atoms with Crippen LogP contribution in [-0.4, -0.2) is 33.3 Å². The van der Waals surface area contributed by atoms with E-state index in [1.165, 1.54) is 55.6 Å². The molecular formula is C40H38Br2N4O2. The Balaban J connectivity index is 1.37. The molecule has 2 aliphatic carbocycles. The van der Waals surface area contributed by atoms with Gasteiger partial charge in [-0.3, -0.25) is 0 Å². The van der Waals surface area contributed by atoms with Crippen molar-refractivity contribution in [3.05, 3.63) is 116 Å². The van der Waals surface area contributed by atoms with Crippen molar-refractivity contribution in [1.29, 1.82) is 0 Å². The molecule has 0 amide bonds. The lowest BCUT2D eigenvalue weighted by Crippen LogP contribution is -2.20. The number of allylic oxidation sites excluding steroid dienone is 2. The number of pyridine rings is 2. The largest absolute Gasteiger partial charge is 0.497 e. The van der Waals surface area contributed by atoms with Gasteiger partial charge in [-0.2, -0.15) is 0 Å². The molecule has 6 nitrogen and oxygen atoms in total. The van der Waals surface area contributed by atoms with Crippen LogP contribution in [0.15, 0.2) is 82.0 Å². The molecule has 8 rings (SSSR count). The molecule has 6 aromatic rings. The van der Waals surface area contributed by atoms with E-state index < -0.39 is 0 Å². The first-order valence-corrected chi connectivity index (χ1v) is 18.3. The highest BCUT2D eigenvalue weighted by Crippen LogP contribution is 2.51. The molecule has 2 atom stereocenters. The molecule has 2 aromatic carbocycles. The second-order valence-corrected chi connectivity index (χ2v) is 15.1. The lowest BCUT2D eigenvalue weighted by atomic mass is 9.72. The summed E-state index contributed by atoms with van der Waals surface area (Å²) >= 11 is 7.56. The molecule has 4 aromatic heterocycles. The molecule has 0 aliphatic heterocycles. The molecule has 48 heavy (non-hydrogen) atoms. The van der Waals surface area contributed by atoms with E-state index in [2.05, 4.69) is 91.2 Å². The Labute approximate surface area is 298 Å². The first-order valence-electron chi connectivity index (χ1n) is 16.7. The quantitative estimate of drug-likeness (QED) is 0.169. The fraction of sp³-hybridized carbons (Fsp3) is 0.300. The highest BCUT2D eigenvalue weighted by Gasteiger charge is 2.36. The highest BCUT2D eigenvalue weighted by molar-refractivity contribution is 9.10. The Bertz CT molecular complexity index is 2060. The fourth-order valence-electron chi connectivity index (χ4n) is 8.08. The van der Waals surface area contributed by atoms with Crippen LogP contribution in [0.25, 0.3) is 33.2 Å². The van der Waals surface area contributed by atoms with Gasteiger partial charge in [-0.15, -0.1) is 0 Å². The average Bonchev–Trinajstić information content (AvgIpc) is 3.56. The van der Waals surface area contributed by atoms with Gasteiger partial charge in [0.25, 0.3) is 0 Å². The Kier molecular flexibility index (Phi) is 8.20. The predicted octanol–water partition coefficient (Wildman–Crippen LogP) is 10.1. The Morgan fingerprint density at radius 3 is 1.42 bits per heavy atom. The maximum absolute atomic E-state index is 5.45. The molecule has 8 heteroatoms. The molecule has 0 unspecified atom stereocenters. The number of ether oxygens (including phenoxy) is 2. The molecular weight excluding hydrogens is 728 g/mol. The summed E-state index contributed by atoms with van der Waals surface area (Å²) < 4.78 is 17.8. The van der Waals surface area contributed by atoms with Crippen molar-refractivity contribution in [2.24, 2.45) is 11.8 Å². The number of rotatable bonds is 6. The number of halogens is 2. The summed E-state index contributed by atoms with van der Waals surface area (Å²) in [5.74, 6) is 2.55. The van der Waals surface area contributed by atoms with Crippen LogP contribution in [0, 0.1) is 11.8 Å². The number of aromatic nitrogens is 4. The van der Waals surface area contributed by atoms with E-state index in [4.69, 9.17) is 19.4 Å². The van der Waals surface area contributed by atoms with Crippen LogP contribution < -0.4 is 9.47 Å². The van der Waals surface area contributed by atoms with Crippen molar-refractivity contribution in [1.82, 2.24) is 19.1 Å². The normalized spacial score (nSPS) is 19.0. The number of methoxy groups -OCH3 is 2. The number of hydrogen-bond acceptors (Lipinski definition) is 4. The fourth-order valence-corrected chi connectivity index (χ4v) is 8.74. The van der Waals surface area contributed by atoms with Crippen molar-refractivity contribution in [2.75, 3.05) is 14.2 Å². The Morgan fingerprint density at radius 1 is 0.646 bits per heavy atom. The van der Waals surface area contributed by atoms with Crippen LogP contribution in [0.5, 0.6) is 11.5 Å². The molecule has 2 aliphatic rings. The zero-order valence-electron chi connectivity index (χ0n) is 27.7. The summed E-state index contributed by atoms with van der Waals surface area (Å²) in [5.41, 5.74) is 13.0. The number of hydrogen-bond donors (Lipinski definition) is 0. The van der Waals surface area contributed by atoms with Crippen LogP contribution in [-0.2, 0) is 25.9 Å². The molecule has 0 radical (unpaired) electrons. The zero-order chi connectivity index (χ0) is 33.1. The van der Waals surface area contributed by atoms with E-state index in [0.29, 0.717) is 11.8 Å². The van der Waals surface area contributed by atoms with E-state index in [1.54, 1.807) is 14.2 Å². The molecule has 0 bridgehead atoms. The summed E-state index contributed by atoms with van der Waals surface area (Å²) in [6.45, 7) is 6.38. The summed E-state index contributed by atoms with van der Waals surface area (Å²) in [6, 6.07) is 21.4. The van der Waals surface area contributed by atoms with Gasteiger partial charge < -0.3 is 18.6 Å². The van der Waals surface area contributed by atoms with Crippen LogP contribution in [0.2, 0.25) is 0 Å². The van der Waals surface area contributed by atoms with Gasteiger partial charge in [0.05, 0.1) is 14.2 Å². The SMILES string of the molecule is COc1ccc(Cn2c3c(c4cc(Br)cnc42)/C(=C2/c4c(n(Cc5ccc(OC)cc5)c5ncc(Br)cc45)CC[C@H]2C)[C@H](C)CC3)cc1. The molecule has 0 saturated heterocycles. The first-order chi connectivity index (χ1) is 23.3. The molecule has 0 fully saturated rings. The second-order valence-electron chi connectivity index (χ2n) is 13.3. The Morgan fingerprint density at radius 2 is 1.04 bits per heavy atom. The van der Waals surface area contributed by atoms with Crippen molar-refractivity contribution in [3.8, 4) is 11.5 Å². The van der Waals surface area contributed by atoms with Crippen LogP contribution in [0.4, 0.5) is 0 Å². The standard InChI is InChI=1S/C40H38Br2N4O2/c1-23-5-15-33-37(31-17-27(41)19-43-39(31)45(33)21-25-7-11-29(47-3)12-8-25)35(23)36-24(2)6-16-34-38(36)32-18-28(42)20-44-40(32)46(34)22-26-9-13-30(48-4)14-10-26/h7-14,17-20,23-24H,5-6,15-16,21-22H2,1-4H3/b36-35+/t23-,24-/m1/s1. The first kappa shape index (κ1) is 31.4. The summed E-state index contributed by atoms with van der Waals surface area (Å²) in [6.07, 6.45) is 8.11. The van der Waals surface area contributed by atoms with Crippen molar-refractivity contribution < 1.29 is 9.47 Å². The van der Waals surface area contributed by atoms with Gasteiger partial charge in [-0.1, -0.05) is 38.1 Å². The van der Waals surface area contributed by atoms with Gasteiger partial charge in [0.15, 0.2) is 0 Å². The van der Waals surface area contributed by atoms with E-state index in [0.717, 1.165) is 70.5 Å². The molecule has 244 valence electrons. The minimum absolute atomic E-state index is 0.403. The molecule has 4 heterocycles. The summed E-state index contributed by atoms with van der Waals surface area (Å²) in [5, 5.41) is 2.45. The molecule has 0 N–H and O–H groups in total. The third kappa shape index (κ3) is 5.28. The smallest absolute Gasteiger partial charge is 0.141 e.